The molecule has 0 aliphatic rings. The van der Waals surface area contributed by atoms with Crippen molar-refractivity contribution in [2.45, 2.75) is 51.6 Å². The van der Waals surface area contributed by atoms with Gasteiger partial charge >= 0.3 is 0 Å². The number of carbonyl (C=O) groups excluding carboxylic acids is 1. The molecule has 3 aromatic rings. The van der Waals surface area contributed by atoms with E-state index < -0.39 is 0 Å². The molecule has 28 heavy (non-hydrogen) atoms. The van der Waals surface area contributed by atoms with Gasteiger partial charge in [-0.1, -0.05) is 48.9 Å². The molecule has 0 radical (unpaired) electrons. The van der Waals surface area contributed by atoms with Gasteiger partial charge in [0.05, 0.1) is 5.75 Å². The Hall–Kier alpha value is -2.26. The van der Waals surface area contributed by atoms with Gasteiger partial charge in [0, 0.05) is 12.1 Å². The third-order valence-corrected chi connectivity index (χ3v) is 6.17. The normalized spacial score (nSPS) is 11.0. The zero-order valence-electron chi connectivity index (χ0n) is 16.3. The number of rotatable bonds is 9. The Morgan fingerprint density at radius 2 is 2.04 bits per heavy atom. The number of nitrogens with zero attached hydrogens (tertiary/aromatic N) is 5. The Labute approximate surface area is 173 Å². The predicted molar refractivity (Wildman–Crippen MR) is 113 cm³/mol. The third kappa shape index (κ3) is 5.39. The molecule has 0 aliphatic carbocycles. The molecule has 1 aromatic carbocycles. The number of amides is 1. The molecule has 1 amide bonds. The van der Waals surface area contributed by atoms with Crippen molar-refractivity contribution in [3.63, 3.8) is 0 Å². The Balaban J connectivity index is 1.55. The Bertz CT molecular complexity index is 936. The van der Waals surface area contributed by atoms with Gasteiger partial charge in [0.15, 0.2) is 5.16 Å². The van der Waals surface area contributed by atoms with Crippen LogP contribution in [0.4, 0.5) is 5.13 Å². The van der Waals surface area contributed by atoms with E-state index in [0.29, 0.717) is 10.3 Å². The lowest BCUT2D eigenvalue weighted by Crippen LogP contribution is -2.14. The van der Waals surface area contributed by atoms with Gasteiger partial charge in [0.2, 0.25) is 11.0 Å². The van der Waals surface area contributed by atoms with Crippen molar-refractivity contribution in [1.82, 2.24) is 25.0 Å². The first-order valence-electron chi connectivity index (χ1n) is 9.29. The fourth-order valence-corrected chi connectivity index (χ4v) is 4.12. The second-order valence-electron chi connectivity index (χ2n) is 6.55. The van der Waals surface area contributed by atoms with Crippen molar-refractivity contribution < 1.29 is 4.79 Å². The molecule has 3 rings (SSSR count). The molecule has 148 valence electrons. The van der Waals surface area contributed by atoms with E-state index in [-0.39, 0.29) is 11.7 Å². The maximum Gasteiger partial charge on any atom is 0.236 e. The standard InChI is InChI=1S/C19H24N6OS2/c1-4-5-6-7-17-22-23-18(28-17)21-16(26)11-27-19-24-20-12-25(19)15-9-8-13(2)14(3)10-15/h8-10,12H,4-7,11H2,1-3H3,(H,21,23,26). The first-order valence-corrected chi connectivity index (χ1v) is 11.1. The van der Waals surface area contributed by atoms with Crippen LogP contribution in [0.2, 0.25) is 0 Å². The molecule has 0 saturated heterocycles. The van der Waals surface area contributed by atoms with E-state index in [2.05, 4.69) is 58.6 Å². The van der Waals surface area contributed by atoms with Crippen LogP contribution in [0.25, 0.3) is 5.69 Å². The number of hydrogen-bond donors (Lipinski definition) is 1. The van der Waals surface area contributed by atoms with Crippen molar-refractivity contribution >= 4 is 34.1 Å². The molecule has 1 N–H and O–H groups in total. The van der Waals surface area contributed by atoms with Crippen LogP contribution in [0, 0.1) is 13.8 Å². The highest BCUT2D eigenvalue weighted by Crippen LogP contribution is 2.22. The fourth-order valence-electron chi connectivity index (χ4n) is 2.59. The monoisotopic (exact) mass is 416 g/mol. The highest BCUT2D eigenvalue weighted by Gasteiger charge is 2.13. The molecule has 9 heteroatoms. The Morgan fingerprint density at radius 3 is 2.82 bits per heavy atom. The smallest absolute Gasteiger partial charge is 0.236 e. The molecule has 2 heterocycles. The fraction of sp³-hybridized carbons (Fsp3) is 0.421. The lowest BCUT2D eigenvalue weighted by atomic mass is 10.1. The summed E-state index contributed by atoms with van der Waals surface area (Å²) in [6.45, 7) is 6.32. The predicted octanol–water partition coefficient (Wildman–Crippen LogP) is 4.20. The Kier molecular flexibility index (Phi) is 7.16. The number of aromatic nitrogens is 5. The van der Waals surface area contributed by atoms with Crippen molar-refractivity contribution in [3.05, 3.63) is 40.7 Å². The minimum atomic E-state index is -0.129. The van der Waals surface area contributed by atoms with Crippen LogP contribution >= 0.6 is 23.1 Å². The average Bonchev–Trinajstić information content (AvgIpc) is 3.32. The summed E-state index contributed by atoms with van der Waals surface area (Å²) in [4.78, 5) is 12.3. The lowest BCUT2D eigenvalue weighted by Gasteiger charge is -2.08. The number of carbonyl (C=O) groups is 1. The van der Waals surface area contributed by atoms with E-state index in [9.17, 15) is 4.79 Å². The van der Waals surface area contributed by atoms with Gasteiger partial charge in [-0.2, -0.15) is 0 Å². The van der Waals surface area contributed by atoms with Crippen molar-refractivity contribution in [1.29, 1.82) is 0 Å². The molecule has 0 fully saturated rings. The molecular formula is C19H24N6OS2. The second-order valence-corrected chi connectivity index (χ2v) is 8.55. The molecule has 0 bridgehead atoms. The maximum absolute atomic E-state index is 12.3. The number of aryl methyl sites for hydroxylation is 3. The first-order chi connectivity index (χ1) is 13.6. The Morgan fingerprint density at radius 1 is 1.18 bits per heavy atom. The van der Waals surface area contributed by atoms with Crippen LogP contribution in [-0.2, 0) is 11.2 Å². The van der Waals surface area contributed by atoms with Crippen molar-refractivity contribution in [2.24, 2.45) is 0 Å². The molecule has 2 aromatic heterocycles. The van der Waals surface area contributed by atoms with Crippen molar-refractivity contribution in [2.75, 3.05) is 11.1 Å². The number of unbranched alkanes of at least 4 members (excludes halogenated alkanes) is 2. The third-order valence-electron chi connectivity index (χ3n) is 4.32. The van der Waals surface area contributed by atoms with Crippen LogP contribution in [0.5, 0.6) is 0 Å². The molecule has 7 nitrogen and oxygen atoms in total. The van der Waals surface area contributed by atoms with Crippen molar-refractivity contribution in [3.8, 4) is 5.69 Å². The summed E-state index contributed by atoms with van der Waals surface area (Å²) < 4.78 is 1.89. The van der Waals surface area contributed by atoms with Gasteiger partial charge in [0.25, 0.3) is 0 Å². The topological polar surface area (TPSA) is 85.6 Å². The first kappa shape index (κ1) is 20.5. The summed E-state index contributed by atoms with van der Waals surface area (Å²) in [5, 5.41) is 21.3. The zero-order valence-corrected chi connectivity index (χ0v) is 17.9. The van der Waals surface area contributed by atoms with Gasteiger partial charge in [-0.05, 0) is 43.5 Å². The number of thioether (sulfide) groups is 1. The van der Waals surface area contributed by atoms with Gasteiger partial charge in [-0.25, -0.2) is 0 Å². The van der Waals surface area contributed by atoms with Gasteiger partial charge in [0.1, 0.15) is 11.3 Å². The summed E-state index contributed by atoms with van der Waals surface area (Å²) in [6.07, 6.45) is 6.03. The highest BCUT2D eigenvalue weighted by molar-refractivity contribution is 7.99. The summed E-state index contributed by atoms with van der Waals surface area (Å²) in [5.74, 6) is 0.102. The van der Waals surface area contributed by atoms with E-state index in [4.69, 9.17) is 0 Å². The maximum atomic E-state index is 12.3. The van der Waals surface area contributed by atoms with E-state index in [0.717, 1.165) is 23.5 Å². The molecule has 0 atom stereocenters. The number of nitrogens with one attached hydrogen (secondary N) is 1. The SMILES string of the molecule is CCCCCc1nnc(NC(=O)CSc2nncn2-c2ccc(C)c(C)c2)s1. The van der Waals surface area contributed by atoms with E-state index in [1.807, 2.05) is 10.6 Å². The second kappa shape index (κ2) is 9.79. The van der Waals surface area contributed by atoms with E-state index >= 15 is 0 Å². The summed E-state index contributed by atoms with van der Waals surface area (Å²) >= 11 is 2.78. The van der Waals surface area contributed by atoms with Gasteiger partial charge in [-0.15, -0.1) is 20.4 Å². The van der Waals surface area contributed by atoms with Gasteiger partial charge in [-0.3, -0.25) is 14.7 Å². The minimum Gasteiger partial charge on any atom is -0.300 e. The summed E-state index contributed by atoms with van der Waals surface area (Å²) in [5.41, 5.74) is 3.42. The minimum absolute atomic E-state index is 0.129. The molecule has 0 aliphatic heterocycles. The van der Waals surface area contributed by atoms with Crippen LogP contribution in [0.3, 0.4) is 0 Å². The highest BCUT2D eigenvalue weighted by atomic mass is 32.2. The van der Waals surface area contributed by atoms with Crippen LogP contribution < -0.4 is 5.32 Å². The molecular weight excluding hydrogens is 392 g/mol. The van der Waals surface area contributed by atoms with Crippen LogP contribution in [0.15, 0.2) is 29.7 Å². The molecule has 0 unspecified atom stereocenters. The summed E-state index contributed by atoms with van der Waals surface area (Å²) in [6, 6.07) is 6.18. The van der Waals surface area contributed by atoms with E-state index in [1.54, 1.807) is 6.33 Å². The number of anilines is 1. The largest absolute Gasteiger partial charge is 0.300 e. The number of hydrogen-bond acceptors (Lipinski definition) is 7. The van der Waals surface area contributed by atoms with Crippen LogP contribution in [-0.4, -0.2) is 36.6 Å². The average molecular weight is 417 g/mol. The number of benzene rings is 1. The van der Waals surface area contributed by atoms with E-state index in [1.165, 1.54) is 47.1 Å². The zero-order chi connectivity index (χ0) is 19.9. The summed E-state index contributed by atoms with van der Waals surface area (Å²) in [7, 11) is 0. The lowest BCUT2D eigenvalue weighted by molar-refractivity contribution is -0.113. The van der Waals surface area contributed by atoms with Crippen LogP contribution in [0.1, 0.15) is 42.3 Å². The molecule has 0 saturated carbocycles. The quantitative estimate of drug-likeness (QED) is 0.416. The van der Waals surface area contributed by atoms with Gasteiger partial charge < -0.3 is 0 Å². The molecule has 0 spiro atoms.